The van der Waals surface area contributed by atoms with Crippen molar-refractivity contribution in [3.63, 3.8) is 0 Å². The molecule has 2 atom stereocenters. The first-order valence-electron chi connectivity index (χ1n) is 10.5. The molecule has 0 bridgehead atoms. The summed E-state index contributed by atoms with van der Waals surface area (Å²) in [5.74, 6) is 0.424. The van der Waals surface area contributed by atoms with Gasteiger partial charge >= 0.3 is 0 Å². The van der Waals surface area contributed by atoms with Crippen LogP contribution in [-0.2, 0) is 4.79 Å². The van der Waals surface area contributed by atoms with E-state index in [4.69, 9.17) is 0 Å². The fourth-order valence-corrected chi connectivity index (χ4v) is 4.22. The minimum atomic E-state index is -0.484. The van der Waals surface area contributed by atoms with Crippen molar-refractivity contribution >= 4 is 17.5 Å². The molecule has 2 N–H and O–H groups in total. The van der Waals surface area contributed by atoms with Crippen molar-refractivity contribution in [3.8, 4) is 0 Å². The Morgan fingerprint density at radius 2 is 1.72 bits per heavy atom. The molecule has 0 aromatic heterocycles. The minimum absolute atomic E-state index is 0.0317. The van der Waals surface area contributed by atoms with Crippen LogP contribution in [0.1, 0.15) is 55.8 Å². The van der Waals surface area contributed by atoms with Gasteiger partial charge in [-0.2, -0.15) is 0 Å². The lowest BCUT2D eigenvalue weighted by Gasteiger charge is -2.33. The van der Waals surface area contributed by atoms with Crippen LogP contribution in [0.5, 0.6) is 0 Å². The lowest BCUT2D eigenvalue weighted by atomic mass is 9.86. The maximum Gasteiger partial charge on any atom is 0.269 e. The van der Waals surface area contributed by atoms with E-state index in [0.29, 0.717) is 24.1 Å². The summed E-state index contributed by atoms with van der Waals surface area (Å²) in [4.78, 5) is 37.1. The molecule has 1 heterocycles. The number of carbonyl (C=O) groups excluding carboxylic acids is 2. The van der Waals surface area contributed by atoms with Gasteiger partial charge in [0, 0.05) is 42.9 Å². The van der Waals surface area contributed by atoms with E-state index in [1.54, 1.807) is 0 Å². The SMILES string of the molecule is C[C@@H]1CCCC[C@@H]1NC(=O)CN1CCC(NC(=O)c2ccc([N+](=O)[O-])cc2)CC1. The average molecular weight is 402 g/mol. The number of carbonyl (C=O) groups is 2. The van der Waals surface area contributed by atoms with Crippen LogP contribution in [-0.4, -0.2) is 53.4 Å². The highest BCUT2D eigenvalue weighted by Crippen LogP contribution is 2.23. The van der Waals surface area contributed by atoms with Crippen LogP contribution in [0.4, 0.5) is 5.69 Å². The lowest BCUT2D eigenvalue weighted by molar-refractivity contribution is -0.384. The Morgan fingerprint density at radius 3 is 2.34 bits per heavy atom. The predicted octanol–water partition coefficient (Wildman–Crippen LogP) is 2.48. The summed E-state index contributed by atoms with van der Waals surface area (Å²) in [5, 5.41) is 16.9. The van der Waals surface area contributed by atoms with E-state index in [1.165, 1.54) is 43.5 Å². The smallest absolute Gasteiger partial charge is 0.269 e. The maximum atomic E-state index is 12.4. The molecule has 1 aromatic rings. The molecule has 1 aliphatic carbocycles. The van der Waals surface area contributed by atoms with Crippen LogP contribution in [0.3, 0.4) is 0 Å². The highest BCUT2D eigenvalue weighted by molar-refractivity contribution is 5.94. The molecule has 8 nitrogen and oxygen atoms in total. The second-order valence-corrected chi connectivity index (χ2v) is 8.26. The molecule has 1 saturated carbocycles. The molecular weight excluding hydrogens is 372 g/mol. The van der Waals surface area contributed by atoms with Gasteiger partial charge < -0.3 is 10.6 Å². The first kappa shape index (κ1) is 21.2. The molecule has 158 valence electrons. The Morgan fingerprint density at radius 1 is 1.07 bits per heavy atom. The molecule has 0 radical (unpaired) electrons. The summed E-state index contributed by atoms with van der Waals surface area (Å²) >= 11 is 0. The van der Waals surface area contributed by atoms with Crippen molar-refractivity contribution in [2.45, 2.75) is 57.5 Å². The number of nitrogens with zero attached hydrogens (tertiary/aromatic N) is 2. The summed E-state index contributed by atoms with van der Waals surface area (Å²) in [7, 11) is 0. The Kier molecular flexibility index (Phi) is 7.19. The van der Waals surface area contributed by atoms with Gasteiger partial charge in [0.25, 0.3) is 11.6 Å². The topological polar surface area (TPSA) is 105 Å². The summed E-state index contributed by atoms with van der Waals surface area (Å²) in [6.45, 7) is 4.15. The number of likely N-dealkylation sites (tertiary alicyclic amines) is 1. The molecule has 1 aliphatic heterocycles. The molecule has 0 unspecified atom stereocenters. The van der Waals surface area contributed by atoms with Gasteiger partial charge in [-0.25, -0.2) is 0 Å². The first-order chi connectivity index (χ1) is 13.9. The molecule has 2 amide bonds. The summed E-state index contributed by atoms with van der Waals surface area (Å²) in [6.07, 6.45) is 6.27. The summed E-state index contributed by atoms with van der Waals surface area (Å²) in [5.41, 5.74) is 0.384. The second kappa shape index (κ2) is 9.82. The number of nitrogens with one attached hydrogen (secondary N) is 2. The van der Waals surface area contributed by atoms with E-state index in [1.807, 2.05) is 0 Å². The van der Waals surface area contributed by atoms with Gasteiger partial charge in [-0.3, -0.25) is 24.6 Å². The maximum absolute atomic E-state index is 12.4. The lowest BCUT2D eigenvalue weighted by Crippen LogP contribution is -2.49. The Labute approximate surface area is 171 Å². The fourth-order valence-electron chi connectivity index (χ4n) is 4.22. The molecule has 1 saturated heterocycles. The third kappa shape index (κ3) is 6.00. The van der Waals surface area contributed by atoms with Gasteiger partial charge in [0.2, 0.25) is 5.91 Å². The van der Waals surface area contributed by atoms with Crippen LogP contribution in [0.2, 0.25) is 0 Å². The Balaban J connectivity index is 1.40. The molecular formula is C21H30N4O4. The van der Waals surface area contributed by atoms with Gasteiger partial charge in [-0.15, -0.1) is 0 Å². The molecule has 2 aliphatic rings. The van der Waals surface area contributed by atoms with Gasteiger partial charge in [-0.1, -0.05) is 19.8 Å². The van der Waals surface area contributed by atoms with Gasteiger partial charge in [0.05, 0.1) is 11.5 Å². The van der Waals surface area contributed by atoms with Crippen LogP contribution < -0.4 is 10.6 Å². The van der Waals surface area contributed by atoms with E-state index in [-0.39, 0.29) is 23.5 Å². The van der Waals surface area contributed by atoms with Gasteiger partial charge in [-0.05, 0) is 43.7 Å². The van der Waals surface area contributed by atoms with E-state index >= 15 is 0 Å². The number of hydrogen-bond acceptors (Lipinski definition) is 5. The highest BCUT2D eigenvalue weighted by atomic mass is 16.6. The third-order valence-electron chi connectivity index (χ3n) is 6.09. The van der Waals surface area contributed by atoms with Crippen molar-refractivity contribution in [3.05, 3.63) is 39.9 Å². The summed E-state index contributed by atoms with van der Waals surface area (Å²) < 4.78 is 0. The van der Waals surface area contributed by atoms with E-state index in [2.05, 4.69) is 22.5 Å². The van der Waals surface area contributed by atoms with Gasteiger partial charge in [0.1, 0.15) is 0 Å². The summed E-state index contributed by atoms with van der Waals surface area (Å²) in [6, 6.07) is 5.97. The zero-order chi connectivity index (χ0) is 20.8. The van der Waals surface area contributed by atoms with Gasteiger partial charge in [0.15, 0.2) is 0 Å². The van der Waals surface area contributed by atoms with Crippen molar-refractivity contribution < 1.29 is 14.5 Å². The number of amides is 2. The van der Waals surface area contributed by atoms with Crippen LogP contribution >= 0.6 is 0 Å². The second-order valence-electron chi connectivity index (χ2n) is 8.26. The molecule has 1 aromatic carbocycles. The number of piperidine rings is 1. The molecule has 3 rings (SSSR count). The fraction of sp³-hybridized carbons (Fsp3) is 0.619. The van der Waals surface area contributed by atoms with Crippen molar-refractivity contribution in [2.75, 3.05) is 19.6 Å². The number of non-ortho nitro benzene ring substituents is 1. The number of rotatable bonds is 6. The number of nitro benzene ring substituents is 1. The predicted molar refractivity (Wildman–Crippen MR) is 110 cm³/mol. The first-order valence-corrected chi connectivity index (χ1v) is 10.5. The molecule has 2 fully saturated rings. The number of benzene rings is 1. The standard InChI is InChI=1S/C21H30N4O4/c1-15-4-2-3-5-19(15)23-20(26)14-24-12-10-17(11-13-24)22-21(27)16-6-8-18(9-7-16)25(28)29/h6-9,15,17,19H,2-5,10-14H2,1H3,(H,22,27)(H,23,26)/t15-,19+/m1/s1. The molecule has 29 heavy (non-hydrogen) atoms. The van der Waals surface area contributed by atoms with E-state index in [9.17, 15) is 19.7 Å². The third-order valence-corrected chi connectivity index (χ3v) is 6.09. The van der Waals surface area contributed by atoms with Crippen molar-refractivity contribution in [1.29, 1.82) is 0 Å². The monoisotopic (exact) mass is 402 g/mol. The zero-order valence-corrected chi connectivity index (χ0v) is 16.9. The number of nitro groups is 1. The largest absolute Gasteiger partial charge is 0.352 e. The molecule has 8 heteroatoms. The van der Waals surface area contributed by atoms with Crippen LogP contribution in [0.15, 0.2) is 24.3 Å². The molecule has 0 spiro atoms. The average Bonchev–Trinajstić information content (AvgIpc) is 2.71. The van der Waals surface area contributed by atoms with Crippen LogP contribution in [0, 0.1) is 16.0 Å². The van der Waals surface area contributed by atoms with Crippen LogP contribution in [0.25, 0.3) is 0 Å². The number of hydrogen-bond donors (Lipinski definition) is 2. The Hall–Kier alpha value is -2.48. The Bertz CT molecular complexity index is 729. The van der Waals surface area contributed by atoms with E-state index < -0.39 is 4.92 Å². The normalized spacial score (nSPS) is 23.3. The van der Waals surface area contributed by atoms with Crippen molar-refractivity contribution in [1.82, 2.24) is 15.5 Å². The zero-order valence-electron chi connectivity index (χ0n) is 16.9. The van der Waals surface area contributed by atoms with Crippen molar-refractivity contribution in [2.24, 2.45) is 5.92 Å². The highest BCUT2D eigenvalue weighted by Gasteiger charge is 2.26. The quantitative estimate of drug-likeness (QED) is 0.562. The minimum Gasteiger partial charge on any atom is -0.352 e. The van der Waals surface area contributed by atoms with E-state index in [0.717, 1.165) is 32.4 Å².